The summed E-state index contributed by atoms with van der Waals surface area (Å²) < 4.78 is 0. The maximum absolute atomic E-state index is 13.5. The van der Waals surface area contributed by atoms with E-state index in [1.54, 1.807) is 24.3 Å². The Balaban J connectivity index is 1.76. The van der Waals surface area contributed by atoms with Crippen LogP contribution < -0.4 is 10.2 Å². The molecular formula is C28H25N3O2. The highest BCUT2D eigenvalue weighted by atomic mass is 16.2. The molecule has 0 atom stereocenters. The first kappa shape index (κ1) is 22.0. The van der Waals surface area contributed by atoms with Gasteiger partial charge in [-0.2, -0.15) is 5.26 Å². The SMILES string of the molecule is Cc1ccc(C2=C(Nc3ccc(C(C)(C)C)cc3)C(=O)N(c3ccc(C#N)cc3)C2=O)cc1. The molecule has 3 aromatic carbocycles. The lowest BCUT2D eigenvalue weighted by molar-refractivity contribution is -0.120. The molecule has 1 N–H and O–H groups in total. The predicted molar refractivity (Wildman–Crippen MR) is 131 cm³/mol. The van der Waals surface area contributed by atoms with Crippen molar-refractivity contribution >= 4 is 28.8 Å². The van der Waals surface area contributed by atoms with Crippen LogP contribution in [-0.2, 0) is 15.0 Å². The van der Waals surface area contributed by atoms with Gasteiger partial charge in [0.2, 0.25) is 0 Å². The number of aryl methyl sites for hydroxylation is 1. The predicted octanol–water partition coefficient (Wildman–Crippen LogP) is 5.56. The van der Waals surface area contributed by atoms with Gasteiger partial charge in [0.15, 0.2) is 0 Å². The van der Waals surface area contributed by atoms with Gasteiger partial charge in [0, 0.05) is 5.69 Å². The van der Waals surface area contributed by atoms with Gasteiger partial charge in [-0.15, -0.1) is 0 Å². The molecule has 0 fully saturated rings. The zero-order valence-corrected chi connectivity index (χ0v) is 19.1. The van der Waals surface area contributed by atoms with Gasteiger partial charge < -0.3 is 5.32 Å². The van der Waals surface area contributed by atoms with Gasteiger partial charge in [0.25, 0.3) is 11.8 Å². The molecule has 0 radical (unpaired) electrons. The molecule has 0 aliphatic carbocycles. The van der Waals surface area contributed by atoms with Gasteiger partial charge in [-0.25, -0.2) is 4.90 Å². The largest absolute Gasteiger partial charge is 0.350 e. The highest BCUT2D eigenvalue weighted by Crippen LogP contribution is 2.34. The maximum Gasteiger partial charge on any atom is 0.282 e. The molecule has 3 aromatic rings. The summed E-state index contributed by atoms with van der Waals surface area (Å²) in [6.45, 7) is 8.39. The van der Waals surface area contributed by atoms with Crippen molar-refractivity contribution in [3.63, 3.8) is 0 Å². The first-order chi connectivity index (χ1) is 15.7. The molecule has 0 unspecified atom stereocenters. The number of carbonyl (C=O) groups is 2. The number of nitriles is 1. The van der Waals surface area contributed by atoms with E-state index in [1.807, 2.05) is 55.5 Å². The second kappa shape index (κ2) is 8.40. The fraction of sp³-hybridized carbons (Fsp3) is 0.179. The van der Waals surface area contributed by atoms with Crippen molar-refractivity contribution in [1.82, 2.24) is 0 Å². The Kier molecular flexibility index (Phi) is 5.61. The molecule has 1 aliphatic rings. The number of nitrogens with one attached hydrogen (secondary N) is 1. The van der Waals surface area contributed by atoms with Crippen molar-refractivity contribution < 1.29 is 9.59 Å². The Hall–Kier alpha value is -4.17. The van der Waals surface area contributed by atoms with E-state index in [0.717, 1.165) is 16.2 Å². The average Bonchev–Trinajstić information content (AvgIpc) is 3.03. The molecule has 164 valence electrons. The molecule has 33 heavy (non-hydrogen) atoms. The summed E-state index contributed by atoms with van der Waals surface area (Å²) >= 11 is 0. The van der Waals surface area contributed by atoms with Crippen LogP contribution in [0.1, 0.15) is 43.0 Å². The third-order valence-corrected chi connectivity index (χ3v) is 5.70. The molecule has 0 saturated heterocycles. The number of carbonyl (C=O) groups excluding carboxylic acids is 2. The molecule has 1 aliphatic heterocycles. The van der Waals surface area contributed by atoms with Crippen molar-refractivity contribution in [1.29, 1.82) is 5.26 Å². The number of amides is 2. The van der Waals surface area contributed by atoms with Crippen molar-refractivity contribution in [2.75, 3.05) is 10.2 Å². The zero-order valence-electron chi connectivity index (χ0n) is 19.1. The molecule has 0 saturated carbocycles. The van der Waals surface area contributed by atoms with Crippen LogP contribution in [0.25, 0.3) is 5.57 Å². The molecule has 5 nitrogen and oxygen atoms in total. The smallest absolute Gasteiger partial charge is 0.282 e. The summed E-state index contributed by atoms with van der Waals surface area (Å²) in [5.74, 6) is -0.831. The van der Waals surface area contributed by atoms with Crippen LogP contribution in [0, 0.1) is 18.3 Å². The quantitative estimate of drug-likeness (QED) is 0.545. The first-order valence-electron chi connectivity index (χ1n) is 10.8. The molecule has 1 heterocycles. The summed E-state index contributed by atoms with van der Waals surface area (Å²) in [5, 5.41) is 12.3. The molecule has 5 heteroatoms. The molecule has 0 bridgehead atoms. The number of imide groups is 1. The first-order valence-corrected chi connectivity index (χ1v) is 10.8. The number of hydrogen-bond donors (Lipinski definition) is 1. The van der Waals surface area contributed by atoms with Crippen molar-refractivity contribution in [2.45, 2.75) is 33.1 Å². The standard InChI is InChI=1S/C28H25N3O2/c1-18-5-9-20(10-6-18)24-25(30-22-13-11-21(12-14-22)28(2,3)4)27(33)31(26(24)32)23-15-7-19(17-29)8-16-23/h5-16,30H,1-4H3. The van der Waals surface area contributed by atoms with Crippen LogP contribution in [0.2, 0.25) is 0 Å². The van der Waals surface area contributed by atoms with E-state index in [2.05, 4.69) is 32.2 Å². The number of hydrogen-bond acceptors (Lipinski definition) is 4. The molecule has 0 aromatic heterocycles. The van der Waals surface area contributed by atoms with E-state index in [1.165, 1.54) is 5.56 Å². The Morgan fingerprint density at radius 1 is 0.818 bits per heavy atom. The van der Waals surface area contributed by atoms with Gasteiger partial charge in [0.05, 0.1) is 22.9 Å². The van der Waals surface area contributed by atoms with Crippen LogP contribution in [0.3, 0.4) is 0 Å². The van der Waals surface area contributed by atoms with E-state index in [-0.39, 0.29) is 11.1 Å². The fourth-order valence-corrected chi connectivity index (χ4v) is 3.75. The Labute approximate surface area is 194 Å². The molecular weight excluding hydrogens is 410 g/mol. The van der Waals surface area contributed by atoms with Gasteiger partial charge in [-0.3, -0.25) is 9.59 Å². The van der Waals surface area contributed by atoms with Crippen LogP contribution in [0.5, 0.6) is 0 Å². The summed E-state index contributed by atoms with van der Waals surface area (Å²) in [7, 11) is 0. The van der Waals surface area contributed by atoms with Gasteiger partial charge in [0.1, 0.15) is 5.70 Å². The van der Waals surface area contributed by atoms with E-state index in [4.69, 9.17) is 5.26 Å². The van der Waals surface area contributed by atoms with Crippen molar-refractivity contribution in [2.24, 2.45) is 0 Å². The average molecular weight is 436 g/mol. The van der Waals surface area contributed by atoms with Gasteiger partial charge in [-0.05, 0) is 59.9 Å². The highest BCUT2D eigenvalue weighted by molar-refractivity contribution is 6.46. The number of nitrogens with zero attached hydrogens (tertiary/aromatic N) is 2. The van der Waals surface area contributed by atoms with E-state index >= 15 is 0 Å². The topological polar surface area (TPSA) is 73.2 Å². The summed E-state index contributed by atoms with van der Waals surface area (Å²) in [6, 6.07) is 23.9. The number of benzene rings is 3. The third kappa shape index (κ3) is 4.28. The van der Waals surface area contributed by atoms with Crippen molar-refractivity contribution in [3.05, 3.63) is 101 Å². The highest BCUT2D eigenvalue weighted by Gasteiger charge is 2.40. The van der Waals surface area contributed by atoms with Gasteiger partial charge in [-0.1, -0.05) is 62.7 Å². The Morgan fingerprint density at radius 2 is 1.42 bits per heavy atom. The summed E-state index contributed by atoms with van der Waals surface area (Å²) in [6.07, 6.45) is 0. The van der Waals surface area contributed by atoms with Crippen molar-refractivity contribution in [3.8, 4) is 6.07 Å². The number of anilines is 2. The Bertz CT molecular complexity index is 1290. The molecule has 0 spiro atoms. The van der Waals surface area contributed by atoms with E-state index in [0.29, 0.717) is 22.4 Å². The third-order valence-electron chi connectivity index (χ3n) is 5.70. The lowest BCUT2D eigenvalue weighted by atomic mass is 9.87. The van der Waals surface area contributed by atoms with Crippen LogP contribution in [0.4, 0.5) is 11.4 Å². The second-order valence-corrected chi connectivity index (χ2v) is 9.17. The fourth-order valence-electron chi connectivity index (χ4n) is 3.75. The van der Waals surface area contributed by atoms with Gasteiger partial charge >= 0.3 is 0 Å². The normalized spacial score (nSPS) is 14.0. The minimum Gasteiger partial charge on any atom is -0.350 e. The lowest BCUT2D eigenvalue weighted by Gasteiger charge is -2.19. The van der Waals surface area contributed by atoms with E-state index in [9.17, 15) is 9.59 Å². The maximum atomic E-state index is 13.5. The summed E-state index contributed by atoms with van der Waals surface area (Å²) in [5.41, 5.74) is 5.09. The Morgan fingerprint density at radius 3 is 1.97 bits per heavy atom. The minimum atomic E-state index is -0.430. The molecule has 2 amide bonds. The zero-order chi connectivity index (χ0) is 23.8. The van der Waals surface area contributed by atoms with Crippen LogP contribution in [-0.4, -0.2) is 11.8 Å². The minimum absolute atomic E-state index is 0.0103. The monoisotopic (exact) mass is 435 g/mol. The number of rotatable bonds is 4. The van der Waals surface area contributed by atoms with E-state index < -0.39 is 11.8 Å². The second-order valence-electron chi connectivity index (χ2n) is 9.17. The molecule has 4 rings (SSSR count). The summed E-state index contributed by atoms with van der Waals surface area (Å²) in [4.78, 5) is 28.1. The van der Waals surface area contributed by atoms with Crippen LogP contribution in [0.15, 0.2) is 78.5 Å². The lowest BCUT2D eigenvalue weighted by Crippen LogP contribution is -2.32. The van der Waals surface area contributed by atoms with Crippen LogP contribution >= 0.6 is 0 Å².